The molecule has 0 amide bonds. The van der Waals surface area contributed by atoms with Gasteiger partial charge in [-0.1, -0.05) is 0 Å². The summed E-state index contributed by atoms with van der Waals surface area (Å²) < 4.78 is 0.112. The molecule has 0 aliphatic rings. The molecule has 0 saturated heterocycles. The molecule has 2 N–H and O–H groups in total. The Balaban J connectivity index is 2.64. The Morgan fingerprint density at radius 2 is 2.00 bits per heavy atom. The van der Waals surface area contributed by atoms with Crippen LogP contribution in [0.4, 0.5) is 0 Å². The predicted molar refractivity (Wildman–Crippen MR) is 53.2 cm³/mol. The molecular formula is C9H14N2S. The number of aromatic nitrogens is 1. The van der Waals surface area contributed by atoms with Gasteiger partial charge >= 0.3 is 0 Å². The Morgan fingerprint density at radius 1 is 1.42 bits per heavy atom. The van der Waals surface area contributed by atoms with Crippen LogP contribution in [0, 0.1) is 0 Å². The second-order valence-electron chi connectivity index (χ2n) is 3.25. The van der Waals surface area contributed by atoms with Crippen LogP contribution in [-0.4, -0.2) is 16.3 Å². The molecule has 0 aromatic carbocycles. The SMILES string of the molecule is CC(C)(CN)Sc1ccncc1. The van der Waals surface area contributed by atoms with Crippen LogP contribution in [0.1, 0.15) is 13.8 Å². The van der Waals surface area contributed by atoms with Crippen LogP contribution in [0.15, 0.2) is 29.4 Å². The largest absolute Gasteiger partial charge is 0.329 e. The Kier molecular flexibility index (Phi) is 3.12. The van der Waals surface area contributed by atoms with Crippen molar-refractivity contribution in [3.05, 3.63) is 24.5 Å². The van der Waals surface area contributed by atoms with Crippen molar-refractivity contribution in [3.63, 3.8) is 0 Å². The molecule has 0 aliphatic heterocycles. The van der Waals surface area contributed by atoms with Crippen LogP contribution < -0.4 is 5.73 Å². The van der Waals surface area contributed by atoms with Gasteiger partial charge in [0.2, 0.25) is 0 Å². The number of nitrogens with two attached hydrogens (primary N) is 1. The quantitative estimate of drug-likeness (QED) is 0.726. The molecule has 0 fully saturated rings. The van der Waals surface area contributed by atoms with Crippen molar-refractivity contribution in [1.29, 1.82) is 0 Å². The summed E-state index contributed by atoms with van der Waals surface area (Å²) in [6.45, 7) is 4.95. The van der Waals surface area contributed by atoms with Gasteiger partial charge in [-0.3, -0.25) is 4.98 Å². The van der Waals surface area contributed by atoms with Crippen molar-refractivity contribution >= 4 is 11.8 Å². The highest BCUT2D eigenvalue weighted by atomic mass is 32.2. The van der Waals surface area contributed by atoms with Crippen LogP contribution in [0.2, 0.25) is 0 Å². The summed E-state index contributed by atoms with van der Waals surface area (Å²) in [5.41, 5.74) is 5.62. The van der Waals surface area contributed by atoms with Gasteiger partial charge in [0.15, 0.2) is 0 Å². The topological polar surface area (TPSA) is 38.9 Å². The summed E-state index contributed by atoms with van der Waals surface area (Å²) in [6.07, 6.45) is 3.60. The fourth-order valence-corrected chi connectivity index (χ4v) is 1.75. The van der Waals surface area contributed by atoms with Crippen LogP contribution in [-0.2, 0) is 0 Å². The third kappa shape index (κ3) is 2.83. The zero-order chi connectivity index (χ0) is 9.03. The molecule has 12 heavy (non-hydrogen) atoms. The molecule has 0 unspecified atom stereocenters. The van der Waals surface area contributed by atoms with Crippen LogP contribution >= 0.6 is 11.8 Å². The van der Waals surface area contributed by atoms with Crippen molar-refractivity contribution in [3.8, 4) is 0 Å². The van der Waals surface area contributed by atoms with Gasteiger partial charge in [0, 0.05) is 28.6 Å². The summed E-state index contributed by atoms with van der Waals surface area (Å²) >= 11 is 1.78. The number of hydrogen-bond donors (Lipinski definition) is 1. The van der Waals surface area contributed by atoms with E-state index in [-0.39, 0.29) is 4.75 Å². The van der Waals surface area contributed by atoms with E-state index in [0.29, 0.717) is 6.54 Å². The lowest BCUT2D eigenvalue weighted by Crippen LogP contribution is -2.26. The van der Waals surface area contributed by atoms with Gasteiger partial charge in [0.05, 0.1) is 0 Å². The van der Waals surface area contributed by atoms with Gasteiger partial charge in [-0.05, 0) is 26.0 Å². The molecule has 0 saturated carbocycles. The van der Waals surface area contributed by atoms with E-state index in [2.05, 4.69) is 18.8 Å². The van der Waals surface area contributed by atoms with E-state index in [4.69, 9.17) is 5.73 Å². The lowest BCUT2D eigenvalue weighted by Gasteiger charge is -2.21. The van der Waals surface area contributed by atoms with E-state index in [0.717, 1.165) is 0 Å². The van der Waals surface area contributed by atoms with Gasteiger partial charge in [0.1, 0.15) is 0 Å². The summed E-state index contributed by atoms with van der Waals surface area (Å²) in [4.78, 5) is 5.18. The highest BCUT2D eigenvalue weighted by Crippen LogP contribution is 2.30. The monoisotopic (exact) mass is 182 g/mol. The molecule has 0 aliphatic carbocycles. The van der Waals surface area contributed by atoms with E-state index in [1.807, 2.05) is 12.1 Å². The molecule has 1 aromatic heterocycles. The minimum Gasteiger partial charge on any atom is -0.329 e. The second kappa shape index (κ2) is 3.92. The zero-order valence-corrected chi connectivity index (χ0v) is 8.27. The molecule has 0 atom stereocenters. The zero-order valence-electron chi connectivity index (χ0n) is 7.45. The highest BCUT2D eigenvalue weighted by molar-refractivity contribution is 8.00. The molecule has 3 heteroatoms. The van der Waals surface area contributed by atoms with Crippen molar-refractivity contribution in [2.75, 3.05) is 6.54 Å². The normalized spacial score (nSPS) is 11.6. The van der Waals surface area contributed by atoms with Gasteiger partial charge < -0.3 is 5.73 Å². The minimum atomic E-state index is 0.112. The van der Waals surface area contributed by atoms with E-state index < -0.39 is 0 Å². The van der Waals surface area contributed by atoms with Crippen LogP contribution in [0.5, 0.6) is 0 Å². The maximum Gasteiger partial charge on any atom is 0.0278 e. The van der Waals surface area contributed by atoms with Gasteiger partial charge in [-0.25, -0.2) is 0 Å². The third-order valence-electron chi connectivity index (χ3n) is 1.54. The Morgan fingerprint density at radius 3 is 2.50 bits per heavy atom. The fraction of sp³-hybridized carbons (Fsp3) is 0.444. The van der Waals surface area contributed by atoms with Crippen molar-refractivity contribution < 1.29 is 0 Å². The Hall–Kier alpha value is -0.540. The van der Waals surface area contributed by atoms with Gasteiger partial charge in [-0.15, -0.1) is 11.8 Å². The molecule has 1 heterocycles. The first-order valence-corrected chi connectivity index (χ1v) is 4.75. The molecule has 0 radical (unpaired) electrons. The Bertz CT molecular complexity index is 234. The van der Waals surface area contributed by atoms with Crippen LogP contribution in [0.25, 0.3) is 0 Å². The number of nitrogens with zero attached hydrogens (tertiary/aromatic N) is 1. The molecule has 0 bridgehead atoms. The molecule has 0 spiro atoms. The lowest BCUT2D eigenvalue weighted by atomic mass is 10.2. The summed E-state index contributed by atoms with van der Waals surface area (Å²) in [7, 11) is 0. The smallest absolute Gasteiger partial charge is 0.0278 e. The third-order valence-corrected chi connectivity index (χ3v) is 2.76. The van der Waals surface area contributed by atoms with Gasteiger partial charge in [-0.2, -0.15) is 0 Å². The first kappa shape index (κ1) is 9.55. The van der Waals surface area contributed by atoms with Crippen molar-refractivity contribution in [2.45, 2.75) is 23.5 Å². The number of thioether (sulfide) groups is 1. The van der Waals surface area contributed by atoms with Crippen molar-refractivity contribution in [1.82, 2.24) is 4.98 Å². The van der Waals surface area contributed by atoms with Crippen LogP contribution in [0.3, 0.4) is 0 Å². The number of pyridine rings is 1. The highest BCUT2D eigenvalue weighted by Gasteiger charge is 2.16. The Labute approximate surface area is 77.6 Å². The maximum absolute atomic E-state index is 5.62. The molecule has 66 valence electrons. The summed E-state index contributed by atoms with van der Waals surface area (Å²) in [5.74, 6) is 0. The van der Waals surface area contributed by atoms with E-state index in [1.165, 1.54) is 4.90 Å². The summed E-state index contributed by atoms with van der Waals surface area (Å²) in [5, 5.41) is 0. The van der Waals surface area contributed by atoms with E-state index >= 15 is 0 Å². The average molecular weight is 182 g/mol. The first-order valence-electron chi connectivity index (χ1n) is 3.93. The minimum absolute atomic E-state index is 0.112. The standard InChI is InChI=1S/C9H14N2S/c1-9(2,7-10)12-8-3-5-11-6-4-8/h3-6H,7,10H2,1-2H3. The molecule has 1 rings (SSSR count). The molecule has 2 nitrogen and oxygen atoms in total. The van der Waals surface area contributed by atoms with E-state index in [9.17, 15) is 0 Å². The predicted octanol–water partition coefficient (Wildman–Crippen LogP) is 1.91. The second-order valence-corrected chi connectivity index (χ2v) is 5.03. The van der Waals surface area contributed by atoms with Gasteiger partial charge in [0.25, 0.3) is 0 Å². The fourth-order valence-electron chi connectivity index (χ4n) is 0.767. The number of rotatable bonds is 3. The maximum atomic E-state index is 5.62. The summed E-state index contributed by atoms with van der Waals surface area (Å²) in [6, 6.07) is 4.00. The molecular weight excluding hydrogens is 168 g/mol. The first-order chi connectivity index (χ1) is 5.64. The average Bonchev–Trinajstić information content (AvgIpc) is 2.06. The lowest BCUT2D eigenvalue weighted by molar-refractivity contribution is 0.723. The molecule has 1 aromatic rings. The number of hydrogen-bond acceptors (Lipinski definition) is 3. The van der Waals surface area contributed by atoms with Crippen molar-refractivity contribution in [2.24, 2.45) is 5.73 Å². The van der Waals surface area contributed by atoms with E-state index in [1.54, 1.807) is 24.2 Å².